The van der Waals surface area contributed by atoms with E-state index in [0.29, 0.717) is 29.5 Å². The monoisotopic (exact) mass is 512 g/mol. The molecule has 1 N–H and O–H groups in total. The van der Waals surface area contributed by atoms with E-state index >= 15 is 0 Å². The zero-order valence-corrected chi connectivity index (χ0v) is 19.8. The van der Waals surface area contributed by atoms with E-state index < -0.39 is 24.1 Å². The van der Waals surface area contributed by atoms with Crippen molar-refractivity contribution in [3.8, 4) is 17.6 Å². The van der Waals surface area contributed by atoms with Crippen molar-refractivity contribution in [2.45, 2.75) is 39.1 Å². The van der Waals surface area contributed by atoms with E-state index in [0.717, 1.165) is 18.6 Å². The Balaban J connectivity index is 0.00000408. The van der Waals surface area contributed by atoms with Crippen molar-refractivity contribution in [3.05, 3.63) is 64.3 Å². The molecule has 0 aliphatic heterocycles. The third-order valence-corrected chi connectivity index (χ3v) is 4.56. The maximum absolute atomic E-state index is 12.7. The quantitative estimate of drug-likeness (QED) is 0.494. The first-order valence-corrected chi connectivity index (χ1v) is 10.2. The van der Waals surface area contributed by atoms with Gasteiger partial charge in [0.2, 0.25) is 0 Å². The maximum Gasteiger partial charge on any atom is 0.573 e. The average Bonchev–Trinajstić information content (AvgIpc) is 3.16. The van der Waals surface area contributed by atoms with E-state index in [1.807, 2.05) is 13.0 Å². The number of carbonyl (C=O) groups is 1. The van der Waals surface area contributed by atoms with Crippen molar-refractivity contribution in [1.82, 2.24) is 25.1 Å². The van der Waals surface area contributed by atoms with E-state index in [1.54, 1.807) is 19.1 Å². The highest BCUT2D eigenvalue weighted by Gasteiger charge is 2.31. The third-order valence-electron chi connectivity index (χ3n) is 4.35. The lowest BCUT2D eigenvalue weighted by Crippen LogP contribution is -2.29. The molecule has 34 heavy (non-hydrogen) atoms. The molecule has 2 heterocycles. The molecule has 1 amide bonds. The number of aryl methyl sites for hydroxylation is 1. The molecule has 0 fully saturated rings. The summed E-state index contributed by atoms with van der Waals surface area (Å²) in [5.41, 5.74) is 0.248. The number of amides is 1. The lowest BCUT2D eigenvalue weighted by Gasteiger charge is -2.15. The molecule has 3 rings (SSSR count). The number of alkyl halides is 3. The van der Waals surface area contributed by atoms with Gasteiger partial charge in [-0.15, -0.1) is 18.3 Å². The normalized spacial score (nSPS) is 11.8. The van der Waals surface area contributed by atoms with Crippen LogP contribution < -0.4 is 10.1 Å². The predicted octanol–water partition coefficient (Wildman–Crippen LogP) is 4.64. The van der Waals surface area contributed by atoms with Crippen molar-refractivity contribution in [2.75, 3.05) is 0 Å². The Morgan fingerprint density at radius 2 is 2.06 bits per heavy atom. The summed E-state index contributed by atoms with van der Waals surface area (Å²) in [6, 6.07) is 7.58. The van der Waals surface area contributed by atoms with Crippen LogP contribution in [0.2, 0.25) is 5.02 Å². The highest BCUT2D eigenvalue weighted by molar-refractivity contribution is 7.59. The first kappa shape index (κ1) is 26.9. The van der Waals surface area contributed by atoms with Crippen LogP contribution >= 0.6 is 25.1 Å². The summed E-state index contributed by atoms with van der Waals surface area (Å²) in [5, 5.41) is 16.0. The van der Waals surface area contributed by atoms with Gasteiger partial charge in [0, 0.05) is 23.2 Å². The number of benzene rings is 1. The number of nitrogens with one attached hydrogen (secondary N) is 1. The highest BCUT2D eigenvalue weighted by Crippen LogP contribution is 2.27. The predicted molar refractivity (Wildman–Crippen MR) is 122 cm³/mol. The van der Waals surface area contributed by atoms with Crippen LogP contribution in [-0.4, -0.2) is 32.0 Å². The number of carbonyl (C=O) groups excluding carboxylic acids is 1. The van der Waals surface area contributed by atoms with Crippen LogP contribution in [0, 0.1) is 11.3 Å². The summed E-state index contributed by atoms with van der Waals surface area (Å²) in [5.74, 6) is -0.0101. The first-order chi connectivity index (χ1) is 15.6. The molecule has 1 aromatic carbocycles. The third kappa shape index (κ3) is 6.85. The molecule has 2 aromatic heterocycles. The Morgan fingerprint density at radius 3 is 2.65 bits per heavy atom. The number of ether oxygens (including phenoxy) is 1. The topological polar surface area (TPSA) is 106 Å². The lowest BCUT2D eigenvalue weighted by molar-refractivity contribution is -0.274. The van der Waals surface area contributed by atoms with E-state index in [4.69, 9.17) is 16.9 Å². The van der Waals surface area contributed by atoms with Crippen LogP contribution in [0.25, 0.3) is 5.82 Å². The van der Waals surface area contributed by atoms with Gasteiger partial charge in [-0.25, -0.2) is 9.97 Å². The number of nitrogens with zero attached hydrogens (tertiary/aromatic N) is 5. The van der Waals surface area contributed by atoms with Crippen molar-refractivity contribution < 1.29 is 22.7 Å². The van der Waals surface area contributed by atoms with Crippen molar-refractivity contribution in [1.29, 1.82) is 5.26 Å². The van der Waals surface area contributed by atoms with Gasteiger partial charge in [-0.2, -0.15) is 23.4 Å². The van der Waals surface area contributed by atoms with Crippen LogP contribution in [0.1, 0.15) is 53.9 Å². The van der Waals surface area contributed by atoms with Gasteiger partial charge in [-0.05, 0) is 43.7 Å². The Hall–Kier alpha value is -3.30. The van der Waals surface area contributed by atoms with Crippen LogP contribution in [0.3, 0.4) is 0 Å². The van der Waals surface area contributed by atoms with Gasteiger partial charge in [-0.1, -0.05) is 18.5 Å². The van der Waals surface area contributed by atoms with Gasteiger partial charge >= 0.3 is 6.36 Å². The molecule has 3 aromatic rings. The molecule has 0 aliphatic rings. The summed E-state index contributed by atoms with van der Waals surface area (Å²) in [6.07, 6.45) is -2.16. The molecular weight excluding hydrogens is 493 g/mol. The van der Waals surface area contributed by atoms with E-state index in [2.05, 4.69) is 25.1 Å². The van der Waals surface area contributed by atoms with Crippen molar-refractivity contribution in [2.24, 2.45) is 0 Å². The number of nitriles is 1. The standard InChI is InChI=1S/C21H18ClF3N6O2.H2S/c1-3-4-17-29-19(31(30-17)18-6-5-13(10-26)11-27-18)12(2)28-20(32)14-7-15(22)9-16(8-14)33-21(23,24)25;/h5-9,11-12H,3-4H2,1-2H3,(H,28,32);1H2/t12-;/m0./s1. The van der Waals surface area contributed by atoms with Crippen molar-refractivity contribution >= 4 is 31.0 Å². The van der Waals surface area contributed by atoms with Crippen LogP contribution in [0.4, 0.5) is 13.2 Å². The average molecular weight is 513 g/mol. The fourth-order valence-corrected chi connectivity index (χ4v) is 3.18. The Morgan fingerprint density at radius 1 is 1.32 bits per heavy atom. The van der Waals surface area contributed by atoms with Gasteiger partial charge in [-0.3, -0.25) is 4.79 Å². The SMILES string of the molecule is CCCc1nc([C@H](C)NC(=O)c2cc(Cl)cc(OC(F)(F)F)c2)n(-c2ccc(C#N)cn2)n1.S. The molecule has 1 atom stereocenters. The number of aromatic nitrogens is 4. The minimum Gasteiger partial charge on any atom is -0.406 e. The molecule has 0 saturated carbocycles. The Kier molecular flexibility index (Phi) is 8.89. The first-order valence-electron chi connectivity index (χ1n) is 9.79. The molecule has 0 aliphatic carbocycles. The second-order valence-corrected chi connectivity index (χ2v) is 7.42. The summed E-state index contributed by atoms with van der Waals surface area (Å²) in [4.78, 5) is 21.4. The van der Waals surface area contributed by atoms with Gasteiger partial charge in [0.25, 0.3) is 5.91 Å². The summed E-state index contributed by atoms with van der Waals surface area (Å²) in [6.45, 7) is 3.61. The molecule has 13 heteroatoms. The van der Waals surface area contributed by atoms with Gasteiger partial charge in [0.1, 0.15) is 11.8 Å². The van der Waals surface area contributed by atoms with Gasteiger partial charge in [0.05, 0.1) is 11.6 Å². The minimum absolute atomic E-state index is 0. The summed E-state index contributed by atoms with van der Waals surface area (Å²) >= 11 is 5.86. The van der Waals surface area contributed by atoms with Gasteiger partial charge in [0.15, 0.2) is 17.5 Å². The second-order valence-electron chi connectivity index (χ2n) is 6.98. The lowest BCUT2D eigenvalue weighted by atomic mass is 10.2. The maximum atomic E-state index is 12.7. The molecular formula is C21H20ClF3N6O2S. The fourth-order valence-electron chi connectivity index (χ4n) is 2.96. The van der Waals surface area contributed by atoms with Crippen LogP contribution in [0.5, 0.6) is 5.75 Å². The Labute approximate surface area is 205 Å². The molecule has 0 unspecified atom stereocenters. The summed E-state index contributed by atoms with van der Waals surface area (Å²) in [7, 11) is 0. The zero-order chi connectivity index (χ0) is 24.2. The number of rotatable bonds is 7. The molecule has 8 nitrogen and oxygen atoms in total. The van der Waals surface area contributed by atoms with E-state index in [9.17, 15) is 18.0 Å². The second kappa shape index (κ2) is 11.2. The molecule has 0 saturated heterocycles. The largest absolute Gasteiger partial charge is 0.573 e. The fraction of sp³-hybridized carbons (Fsp3) is 0.286. The van der Waals surface area contributed by atoms with Crippen LogP contribution in [0.15, 0.2) is 36.5 Å². The molecule has 0 spiro atoms. The molecule has 180 valence electrons. The molecule has 0 radical (unpaired) electrons. The molecule has 0 bridgehead atoms. The zero-order valence-electron chi connectivity index (χ0n) is 18.0. The van der Waals surface area contributed by atoms with Crippen LogP contribution in [-0.2, 0) is 6.42 Å². The minimum atomic E-state index is -4.92. The smallest absolute Gasteiger partial charge is 0.406 e. The summed E-state index contributed by atoms with van der Waals surface area (Å²) < 4.78 is 43.0. The van der Waals surface area contributed by atoms with E-state index in [-0.39, 0.29) is 24.1 Å². The Bertz CT molecular complexity index is 1190. The van der Waals surface area contributed by atoms with Gasteiger partial charge < -0.3 is 10.1 Å². The van der Waals surface area contributed by atoms with Crippen molar-refractivity contribution in [3.63, 3.8) is 0 Å². The number of hydrogen-bond acceptors (Lipinski definition) is 6. The highest BCUT2D eigenvalue weighted by atomic mass is 35.5. The number of pyridine rings is 1. The van der Waals surface area contributed by atoms with E-state index in [1.165, 1.54) is 16.9 Å². The number of halogens is 4. The number of hydrogen-bond donors (Lipinski definition) is 1.